The van der Waals surface area contributed by atoms with Crippen molar-refractivity contribution in [2.24, 2.45) is 0 Å². The number of carbonyl (C=O) groups excluding carboxylic acids is 1. The molecular weight excluding hydrogens is 236 g/mol. The number of aldehydes is 1. The third kappa shape index (κ3) is 2.26. The van der Waals surface area contributed by atoms with Crippen molar-refractivity contribution in [2.45, 2.75) is 25.9 Å². The maximum absolute atomic E-state index is 10.8. The minimum atomic E-state index is -0.119. The van der Waals surface area contributed by atoms with Gasteiger partial charge in [0.05, 0.1) is 0 Å². The Bertz CT molecular complexity index is 641. The first kappa shape index (κ1) is 12.0. The van der Waals surface area contributed by atoms with E-state index in [4.69, 9.17) is 4.74 Å². The molecular formula is C17H16O2. The van der Waals surface area contributed by atoms with Gasteiger partial charge in [0.1, 0.15) is 17.6 Å². The monoisotopic (exact) mass is 252 g/mol. The minimum Gasteiger partial charge on any atom is -0.487 e. The Morgan fingerprint density at radius 3 is 2.68 bits per heavy atom. The quantitative estimate of drug-likeness (QED) is 0.758. The van der Waals surface area contributed by atoms with Crippen LogP contribution in [-0.2, 0) is 6.42 Å². The van der Waals surface area contributed by atoms with Crippen molar-refractivity contribution < 1.29 is 9.53 Å². The first-order valence-electron chi connectivity index (χ1n) is 6.45. The van der Waals surface area contributed by atoms with E-state index in [1.165, 1.54) is 5.56 Å². The highest BCUT2D eigenvalue weighted by Gasteiger charge is 2.29. The standard InChI is InChI=1S/C17H16O2/c1-17(2)10-15-9-14(6-7-16(15)19-17)13-5-3-4-12(8-13)11-18/h3-9,11H,10H2,1-2H3. The van der Waals surface area contributed by atoms with Crippen LogP contribution < -0.4 is 4.74 Å². The van der Waals surface area contributed by atoms with Gasteiger partial charge in [0.2, 0.25) is 0 Å². The van der Waals surface area contributed by atoms with Crippen molar-refractivity contribution in [3.63, 3.8) is 0 Å². The first-order chi connectivity index (χ1) is 9.07. The maximum Gasteiger partial charge on any atom is 0.150 e. The number of carbonyl (C=O) groups is 1. The second-order valence-electron chi connectivity index (χ2n) is 5.60. The summed E-state index contributed by atoms with van der Waals surface area (Å²) in [6, 6.07) is 13.9. The molecule has 0 spiro atoms. The van der Waals surface area contributed by atoms with Crippen LogP contribution in [-0.4, -0.2) is 11.9 Å². The smallest absolute Gasteiger partial charge is 0.150 e. The van der Waals surface area contributed by atoms with Gasteiger partial charge in [-0.1, -0.05) is 24.3 Å². The van der Waals surface area contributed by atoms with Crippen LogP contribution in [0.1, 0.15) is 29.8 Å². The summed E-state index contributed by atoms with van der Waals surface area (Å²) in [5.74, 6) is 0.972. The van der Waals surface area contributed by atoms with Gasteiger partial charge >= 0.3 is 0 Å². The zero-order chi connectivity index (χ0) is 13.5. The molecule has 0 saturated heterocycles. The highest BCUT2D eigenvalue weighted by Crippen LogP contribution is 2.37. The second-order valence-corrected chi connectivity index (χ2v) is 5.60. The van der Waals surface area contributed by atoms with E-state index < -0.39 is 0 Å². The molecule has 0 aliphatic carbocycles. The first-order valence-corrected chi connectivity index (χ1v) is 6.45. The molecule has 0 fully saturated rings. The molecule has 0 N–H and O–H groups in total. The summed E-state index contributed by atoms with van der Waals surface area (Å²) >= 11 is 0. The van der Waals surface area contributed by atoms with E-state index in [1.54, 1.807) is 0 Å². The Kier molecular flexibility index (Phi) is 2.67. The summed E-state index contributed by atoms with van der Waals surface area (Å²) in [7, 11) is 0. The summed E-state index contributed by atoms with van der Waals surface area (Å²) in [5.41, 5.74) is 4.01. The van der Waals surface area contributed by atoms with Gasteiger partial charge in [-0.05, 0) is 48.7 Å². The molecule has 0 aromatic heterocycles. The lowest BCUT2D eigenvalue weighted by Gasteiger charge is -2.16. The SMILES string of the molecule is CC1(C)Cc2cc(-c3cccc(C=O)c3)ccc2O1. The van der Waals surface area contributed by atoms with Gasteiger partial charge in [0, 0.05) is 12.0 Å². The maximum atomic E-state index is 10.8. The Morgan fingerprint density at radius 2 is 1.89 bits per heavy atom. The Morgan fingerprint density at radius 1 is 1.11 bits per heavy atom. The fraction of sp³-hybridized carbons (Fsp3) is 0.235. The zero-order valence-electron chi connectivity index (χ0n) is 11.1. The van der Waals surface area contributed by atoms with Crippen LogP contribution in [0.2, 0.25) is 0 Å². The predicted octanol–water partition coefficient (Wildman–Crippen LogP) is 3.88. The molecule has 2 aromatic rings. The van der Waals surface area contributed by atoms with Crippen molar-refractivity contribution >= 4 is 6.29 Å². The lowest BCUT2D eigenvalue weighted by Crippen LogP contribution is -2.24. The Balaban J connectivity index is 2.02. The van der Waals surface area contributed by atoms with Crippen molar-refractivity contribution in [2.75, 3.05) is 0 Å². The van der Waals surface area contributed by atoms with E-state index in [0.29, 0.717) is 5.56 Å². The predicted molar refractivity (Wildman–Crippen MR) is 75.7 cm³/mol. The van der Waals surface area contributed by atoms with Gasteiger partial charge < -0.3 is 4.74 Å². The number of rotatable bonds is 2. The summed E-state index contributed by atoms with van der Waals surface area (Å²) in [6.07, 6.45) is 1.80. The normalized spacial score (nSPS) is 15.7. The molecule has 19 heavy (non-hydrogen) atoms. The van der Waals surface area contributed by atoms with E-state index in [2.05, 4.69) is 19.9 Å². The molecule has 1 aliphatic rings. The summed E-state index contributed by atoms with van der Waals surface area (Å²) in [4.78, 5) is 10.8. The zero-order valence-corrected chi connectivity index (χ0v) is 11.1. The van der Waals surface area contributed by atoms with Crippen LogP contribution in [0.3, 0.4) is 0 Å². The highest BCUT2D eigenvalue weighted by atomic mass is 16.5. The van der Waals surface area contributed by atoms with E-state index in [0.717, 1.165) is 29.6 Å². The van der Waals surface area contributed by atoms with Crippen LogP contribution in [0.4, 0.5) is 0 Å². The van der Waals surface area contributed by atoms with E-state index in [9.17, 15) is 4.79 Å². The molecule has 3 rings (SSSR count). The van der Waals surface area contributed by atoms with Crippen LogP contribution >= 0.6 is 0 Å². The third-order valence-corrected chi connectivity index (χ3v) is 3.42. The minimum absolute atomic E-state index is 0.119. The molecule has 1 heterocycles. The van der Waals surface area contributed by atoms with Gasteiger partial charge in [-0.3, -0.25) is 4.79 Å². The van der Waals surface area contributed by atoms with Gasteiger partial charge in [-0.2, -0.15) is 0 Å². The molecule has 0 saturated carbocycles. The highest BCUT2D eigenvalue weighted by molar-refractivity contribution is 5.79. The topological polar surface area (TPSA) is 26.3 Å². The molecule has 0 atom stereocenters. The van der Waals surface area contributed by atoms with Crippen molar-refractivity contribution in [3.05, 3.63) is 53.6 Å². The summed E-state index contributed by atoms with van der Waals surface area (Å²) in [5, 5.41) is 0. The molecule has 0 bridgehead atoms. The van der Waals surface area contributed by atoms with Gasteiger partial charge in [0.25, 0.3) is 0 Å². The molecule has 0 amide bonds. The number of fused-ring (bicyclic) bond motifs is 1. The van der Waals surface area contributed by atoms with Gasteiger partial charge in [-0.15, -0.1) is 0 Å². The Labute approximate surface area is 113 Å². The largest absolute Gasteiger partial charge is 0.487 e. The van der Waals surface area contributed by atoms with Crippen molar-refractivity contribution in [1.29, 1.82) is 0 Å². The van der Waals surface area contributed by atoms with Crippen LogP contribution in [0.5, 0.6) is 5.75 Å². The number of ether oxygens (including phenoxy) is 1. The Hall–Kier alpha value is -2.09. The average Bonchev–Trinajstić information content (AvgIpc) is 2.71. The molecule has 0 unspecified atom stereocenters. The fourth-order valence-electron chi connectivity index (χ4n) is 2.58. The molecule has 2 aromatic carbocycles. The van der Waals surface area contributed by atoms with Crippen LogP contribution in [0.15, 0.2) is 42.5 Å². The van der Waals surface area contributed by atoms with E-state index in [1.807, 2.05) is 36.4 Å². The molecule has 2 nitrogen and oxygen atoms in total. The average molecular weight is 252 g/mol. The van der Waals surface area contributed by atoms with Crippen LogP contribution in [0, 0.1) is 0 Å². The van der Waals surface area contributed by atoms with E-state index in [-0.39, 0.29) is 5.60 Å². The van der Waals surface area contributed by atoms with Crippen LogP contribution in [0.25, 0.3) is 11.1 Å². The number of hydrogen-bond acceptors (Lipinski definition) is 2. The van der Waals surface area contributed by atoms with Gasteiger partial charge in [-0.25, -0.2) is 0 Å². The van der Waals surface area contributed by atoms with Gasteiger partial charge in [0.15, 0.2) is 0 Å². The lowest BCUT2D eigenvalue weighted by atomic mass is 9.97. The van der Waals surface area contributed by atoms with E-state index >= 15 is 0 Å². The second kappa shape index (κ2) is 4.23. The lowest BCUT2D eigenvalue weighted by molar-refractivity contribution is 0.112. The molecule has 0 radical (unpaired) electrons. The number of benzene rings is 2. The fourth-order valence-corrected chi connectivity index (χ4v) is 2.58. The third-order valence-electron chi connectivity index (χ3n) is 3.42. The molecule has 1 aliphatic heterocycles. The summed E-state index contributed by atoms with van der Waals surface area (Å²) < 4.78 is 5.87. The molecule has 2 heteroatoms. The number of hydrogen-bond donors (Lipinski definition) is 0. The van der Waals surface area contributed by atoms with Crippen molar-refractivity contribution in [1.82, 2.24) is 0 Å². The van der Waals surface area contributed by atoms with Crippen molar-refractivity contribution in [3.8, 4) is 16.9 Å². The molecule has 96 valence electrons. The summed E-state index contributed by atoms with van der Waals surface area (Å²) in [6.45, 7) is 4.19.